The van der Waals surface area contributed by atoms with Crippen LogP contribution in [0.25, 0.3) is 0 Å². The van der Waals surface area contributed by atoms with E-state index in [2.05, 4.69) is 15.6 Å². The normalized spacial score (nSPS) is 10.3. The van der Waals surface area contributed by atoms with Crippen LogP contribution in [0.2, 0.25) is 5.02 Å². The fourth-order valence-corrected chi connectivity index (χ4v) is 2.06. The summed E-state index contributed by atoms with van der Waals surface area (Å²) in [5.74, 6) is -0.224. The Morgan fingerprint density at radius 2 is 2.14 bits per heavy atom. The van der Waals surface area contributed by atoms with Gasteiger partial charge in [-0.15, -0.1) is 0 Å². The highest BCUT2D eigenvalue weighted by molar-refractivity contribution is 6.31. The summed E-state index contributed by atoms with van der Waals surface area (Å²) in [5, 5.41) is 6.68. The average Bonchev–Trinajstić information content (AvgIpc) is 2.54. The van der Waals surface area contributed by atoms with Crippen molar-refractivity contribution in [1.29, 1.82) is 0 Å². The summed E-state index contributed by atoms with van der Waals surface area (Å²) < 4.78 is 4.89. The largest absolute Gasteiger partial charge is 0.383 e. The summed E-state index contributed by atoms with van der Waals surface area (Å²) >= 11 is 6.11. The molecule has 0 fully saturated rings. The van der Waals surface area contributed by atoms with Crippen LogP contribution in [0, 0.1) is 0 Å². The van der Waals surface area contributed by atoms with E-state index in [0.29, 0.717) is 30.4 Å². The Balaban J connectivity index is 1.96. The van der Waals surface area contributed by atoms with Crippen LogP contribution in [0.15, 0.2) is 42.6 Å². The van der Waals surface area contributed by atoms with Crippen molar-refractivity contribution in [3.8, 4) is 0 Å². The summed E-state index contributed by atoms with van der Waals surface area (Å²) in [6.07, 6.45) is 1.60. The lowest BCUT2D eigenvalue weighted by Crippen LogP contribution is -2.27. The van der Waals surface area contributed by atoms with Crippen molar-refractivity contribution in [2.75, 3.05) is 25.6 Å². The molecule has 0 aliphatic heterocycles. The van der Waals surface area contributed by atoms with Crippen molar-refractivity contribution in [3.05, 3.63) is 58.9 Å². The number of carbonyl (C=O) groups excluding carboxylic acids is 1. The topological polar surface area (TPSA) is 63.2 Å². The average molecular weight is 320 g/mol. The van der Waals surface area contributed by atoms with Gasteiger partial charge in [0.05, 0.1) is 6.61 Å². The van der Waals surface area contributed by atoms with Gasteiger partial charge in [0.1, 0.15) is 5.69 Å². The zero-order valence-electron chi connectivity index (χ0n) is 12.3. The number of benzene rings is 1. The molecule has 2 N–H and O–H groups in total. The number of amides is 1. The van der Waals surface area contributed by atoms with Crippen LogP contribution in [-0.4, -0.2) is 31.2 Å². The molecule has 0 atom stereocenters. The van der Waals surface area contributed by atoms with Crippen LogP contribution in [0.3, 0.4) is 0 Å². The van der Waals surface area contributed by atoms with E-state index in [1.54, 1.807) is 19.4 Å². The summed E-state index contributed by atoms with van der Waals surface area (Å²) in [4.78, 5) is 16.0. The number of rotatable bonds is 7. The van der Waals surface area contributed by atoms with Crippen molar-refractivity contribution in [3.63, 3.8) is 0 Å². The molecule has 0 aliphatic rings. The van der Waals surface area contributed by atoms with Crippen LogP contribution in [0.4, 0.5) is 5.69 Å². The van der Waals surface area contributed by atoms with Crippen LogP contribution in [0.5, 0.6) is 0 Å². The third-order valence-corrected chi connectivity index (χ3v) is 3.39. The first-order valence-electron chi connectivity index (χ1n) is 6.91. The molecule has 1 aromatic heterocycles. The van der Waals surface area contributed by atoms with Crippen LogP contribution < -0.4 is 10.6 Å². The van der Waals surface area contributed by atoms with Gasteiger partial charge in [0.2, 0.25) is 0 Å². The van der Waals surface area contributed by atoms with Gasteiger partial charge in [0, 0.05) is 37.1 Å². The molecule has 1 amide bonds. The van der Waals surface area contributed by atoms with E-state index in [4.69, 9.17) is 16.3 Å². The molecule has 0 bridgehead atoms. The van der Waals surface area contributed by atoms with Crippen molar-refractivity contribution in [2.45, 2.75) is 6.54 Å². The summed E-state index contributed by atoms with van der Waals surface area (Å²) in [6, 6.07) is 11.1. The molecule has 2 aromatic rings. The maximum atomic E-state index is 11.9. The number of aromatic nitrogens is 1. The summed E-state index contributed by atoms with van der Waals surface area (Å²) in [5.41, 5.74) is 2.17. The van der Waals surface area contributed by atoms with Gasteiger partial charge in [-0.05, 0) is 23.8 Å². The van der Waals surface area contributed by atoms with Gasteiger partial charge in [-0.25, -0.2) is 0 Å². The molecule has 0 aliphatic carbocycles. The number of hydrogen-bond donors (Lipinski definition) is 2. The number of nitrogens with one attached hydrogen (secondary N) is 2. The maximum absolute atomic E-state index is 11.9. The van der Waals surface area contributed by atoms with Gasteiger partial charge in [0.15, 0.2) is 0 Å². The van der Waals surface area contributed by atoms with E-state index in [-0.39, 0.29) is 5.91 Å². The lowest BCUT2D eigenvalue weighted by Gasteiger charge is -2.09. The highest BCUT2D eigenvalue weighted by atomic mass is 35.5. The fraction of sp³-hybridized carbons (Fsp3) is 0.250. The minimum atomic E-state index is -0.224. The number of halogens is 1. The Morgan fingerprint density at radius 3 is 2.91 bits per heavy atom. The van der Waals surface area contributed by atoms with E-state index in [0.717, 1.165) is 11.3 Å². The Hall–Kier alpha value is -2.11. The predicted octanol–water partition coefficient (Wildman–Crippen LogP) is 2.72. The SMILES string of the molecule is COCCNC(=O)c1cc(NCc2ccccc2Cl)ccn1. The van der Waals surface area contributed by atoms with Crippen LogP contribution >= 0.6 is 11.6 Å². The highest BCUT2D eigenvalue weighted by Crippen LogP contribution is 2.17. The molecule has 0 radical (unpaired) electrons. The quantitative estimate of drug-likeness (QED) is 0.770. The van der Waals surface area contributed by atoms with Crippen molar-refractivity contribution in [2.24, 2.45) is 0 Å². The third-order valence-electron chi connectivity index (χ3n) is 3.03. The van der Waals surface area contributed by atoms with E-state index in [9.17, 15) is 4.79 Å². The van der Waals surface area contributed by atoms with Gasteiger partial charge < -0.3 is 15.4 Å². The van der Waals surface area contributed by atoms with E-state index in [1.165, 1.54) is 0 Å². The molecule has 2 rings (SSSR count). The van der Waals surface area contributed by atoms with Crippen LogP contribution in [-0.2, 0) is 11.3 Å². The number of ether oxygens (including phenoxy) is 1. The first-order valence-corrected chi connectivity index (χ1v) is 7.29. The van der Waals surface area contributed by atoms with E-state index in [1.807, 2.05) is 30.3 Å². The molecular formula is C16H18ClN3O2. The Bertz CT molecular complexity index is 634. The number of pyridine rings is 1. The molecule has 0 saturated carbocycles. The minimum Gasteiger partial charge on any atom is -0.383 e. The number of methoxy groups -OCH3 is 1. The van der Waals surface area contributed by atoms with Gasteiger partial charge in [0.25, 0.3) is 5.91 Å². The fourth-order valence-electron chi connectivity index (χ4n) is 1.86. The van der Waals surface area contributed by atoms with Gasteiger partial charge >= 0.3 is 0 Å². The second-order valence-electron chi connectivity index (χ2n) is 4.62. The lowest BCUT2D eigenvalue weighted by molar-refractivity contribution is 0.0932. The molecule has 1 heterocycles. The number of carbonyl (C=O) groups is 1. The second kappa shape index (κ2) is 8.36. The first kappa shape index (κ1) is 16.3. The summed E-state index contributed by atoms with van der Waals surface area (Å²) in [7, 11) is 1.59. The second-order valence-corrected chi connectivity index (χ2v) is 5.03. The molecule has 116 valence electrons. The number of nitrogens with zero attached hydrogens (tertiary/aromatic N) is 1. The van der Waals surface area contributed by atoms with E-state index < -0.39 is 0 Å². The Kier molecular flexibility index (Phi) is 6.18. The standard InChI is InChI=1S/C16H18ClN3O2/c1-22-9-8-19-16(21)15-10-13(6-7-18-15)20-11-12-4-2-3-5-14(12)17/h2-7,10H,8-9,11H2,1H3,(H,18,20)(H,19,21). The van der Waals surface area contributed by atoms with Gasteiger partial charge in [-0.2, -0.15) is 0 Å². The molecule has 6 heteroatoms. The maximum Gasteiger partial charge on any atom is 0.270 e. The highest BCUT2D eigenvalue weighted by Gasteiger charge is 2.07. The molecule has 0 spiro atoms. The molecule has 0 unspecified atom stereocenters. The van der Waals surface area contributed by atoms with Gasteiger partial charge in [-0.3, -0.25) is 9.78 Å². The predicted molar refractivity (Wildman–Crippen MR) is 87.2 cm³/mol. The van der Waals surface area contributed by atoms with Crippen molar-refractivity contribution in [1.82, 2.24) is 10.3 Å². The molecule has 5 nitrogen and oxygen atoms in total. The number of hydrogen-bond acceptors (Lipinski definition) is 4. The van der Waals surface area contributed by atoms with Crippen molar-refractivity contribution < 1.29 is 9.53 Å². The molecule has 22 heavy (non-hydrogen) atoms. The minimum absolute atomic E-state index is 0.224. The summed E-state index contributed by atoms with van der Waals surface area (Å²) in [6.45, 7) is 1.50. The van der Waals surface area contributed by atoms with Crippen molar-refractivity contribution >= 4 is 23.2 Å². The molecule has 1 aromatic carbocycles. The molecular weight excluding hydrogens is 302 g/mol. The monoisotopic (exact) mass is 319 g/mol. The Labute approximate surface area is 134 Å². The number of anilines is 1. The van der Waals surface area contributed by atoms with E-state index >= 15 is 0 Å². The zero-order valence-corrected chi connectivity index (χ0v) is 13.1. The smallest absolute Gasteiger partial charge is 0.270 e. The lowest BCUT2D eigenvalue weighted by atomic mass is 10.2. The zero-order chi connectivity index (χ0) is 15.8. The first-order chi connectivity index (χ1) is 10.7. The van der Waals surface area contributed by atoms with Crippen LogP contribution in [0.1, 0.15) is 16.1 Å². The third kappa shape index (κ3) is 4.72. The molecule has 0 saturated heterocycles. The van der Waals surface area contributed by atoms with Gasteiger partial charge in [-0.1, -0.05) is 29.8 Å². The Morgan fingerprint density at radius 1 is 1.32 bits per heavy atom.